The number of hydrogen-bond acceptors (Lipinski definition) is 3. The van der Waals surface area contributed by atoms with E-state index < -0.39 is 9.84 Å². The Balaban J connectivity index is 2.02. The van der Waals surface area contributed by atoms with E-state index in [9.17, 15) is 13.2 Å². The van der Waals surface area contributed by atoms with Gasteiger partial charge < -0.3 is 4.90 Å². The molecule has 0 aliphatic carbocycles. The molecular weight excluding hydrogens is 286 g/mol. The smallest absolute Gasteiger partial charge is 0.227 e. The summed E-state index contributed by atoms with van der Waals surface area (Å²) >= 11 is 6.09. The van der Waals surface area contributed by atoms with E-state index >= 15 is 0 Å². The minimum absolute atomic E-state index is 0.0373. The van der Waals surface area contributed by atoms with Crippen molar-refractivity contribution in [2.24, 2.45) is 0 Å². The first kappa shape index (κ1) is 14.3. The summed E-state index contributed by atoms with van der Waals surface area (Å²) in [5.74, 6) is 0.0132. The van der Waals surface area contributed by atoms with E-state index in [2.05, 4.69) is 0 Å². The highest BCUT2D eigenvalue weighted by Crippen LogP contribution is 2.33. The second kappa shape index (κ2) is 5.51. The summed E-state index contributed by atoms with van der Waals surface area (Å²) in [6.07, 6.45) is 2.55. The Morgan fingerprint density at radius 1 is 1.42 bits per heavy atom. The molecule has 6 heteroatoms. The first-order chi connectivity index (χ1) is 8.88. The van der Waals surface area contributed by atoms with Crippen molar-refractivity contribution in [3.63, 3.8) is 0 Å². The van der Waals surface area contributed by atoms with Crippen LogP contribution in [0, 0.1) is 0 Å². The first-order valence-electron chi connectivity index (χ1n) is 6.14. The molecule has 0 radical (unpaired) electrons. The predicted octanol–water partition coefficient (Wildman–Crippen LogP) is 2.05. The van der Waals surface area contributed by atoms with Crippen molar-refractivity contribution in [2.75, 3.05) is 23.5 Å². The number of carbonyl (C=O) groups is 1. The zero-order valence-corrected chi connectivity index (χ0v) is 12.3. The molecule has 1 amide bonds. The van der Waals surface area contributed by atoms with Crippen LogP contribution in [0.3, 0.4) is 0 Å². The zero-order valence-electron chi connectivity index (χ0n) is 10.7. The second-order valence-electron chi connectivity index (χ2n) is 4.77. The van der Waals surface area contributed by atoms with Crippen molar-refractivity contribution in [2.45, 2.75) is 19.3 Å². The predicted molar refractivity (Wildman–Crippen MR) is 76.5 cm³/mol. The minimum atomic E-state index is -3.00. The van der Waals surface area contributed by atoms with Crippen molar-refractivity contribution < 1.29 is 13.2 Å². The molecule has 0 bridgehead atoms. The number of halogens is 1. The van der Waals surface area contributed by atoms with Crippen LogP contribution in [0.2, 0.25) is 5.02 Å². The van der Waals surface area contributed by atoms with Gasteiger partial charge in [-0.2, -0.15) is 0 Å². The number of hydrogen-bond donors (Lipinski definition) is 0. The van der Waals surface area contributed by atoms with E-state index in [4.69, 9.17) is 11.6 Å². The lowest BCUT2D eigenvalue weighted by Gasteiger charge is -2.17. The molecule has 104 valence electrons. The van der Waals surface area contributed by atoms with Gasteiger partial charge >= 0.3 is 0 Å². The summed E-state index contributed by atoms with van der Waals surface area (Å²) in [5, 5.41) is 0.684. The molecule has 0 aromatic heterocycles. The molecule has 19 heavy (non-hydrogen) atoms. The Kier molecular flexibility index (Phi) is 4.16. The van der Waals surface area contributed by atoms with E-state index in [0.29, 0.717) is 18.0 Å². The largest absolute Gasteiger partial charge is 0.312 e. The summed E-state index contributed by atoms with van der Waals surface area (Å²) in [5.41, 5.74) is 1.86. The van der Waals surface area contributed by atoms with E-state index in [1.54, 1.807) is 4.90 Å². The molecule has 1 heterocycles. The summed E-state index contributed by atoms with van der Waals surface area (Å²) in [7, 11) is -3.00. The molecule has 0 unspecified atom stereocenters. The molecule has 4 nitrogen and oxygen atoms in total. The molecule has 0 atom stereocenters. The molecular formula is C13H16ClNO3S. The zero-order chi connectivity index (χ0) is 14.0. The molecule has 1 aliphatic heterocycles. The van der Waals surface area contributed by atoms with Crippen LogP contribution in [0.25, 0.3) is 0 Å². The Morgan fingerprint density at radius 2 is 2.16 bits per heavy atom. The fourth-order valence-electron chi connectivity index (χ4n) is 2.27. The van der Waals surface area contributed by atoms with Crippen LogP contribution in [0.4, 0.5) is 5.69 Å². The monoisotopic (exact) mass is 301 g/mol. The van der Waals surface area contributed by atoms with Crippen molar-refractivity contribution in [1.29, 1.82) is 0 Å². The lowest BCUT2D eigenvalue weighted by atomic mass is 10.2. The van der Waals surface area contributed by atoms with E-state index in [0.717, 1.165) is 17.7 Å². The number of nitrogens with zero attached hydrogens (tertiary/aromatic N) is 1. The maximum atomic E-state index is 12.1. The first-order valence-corrected chi connectivity index (χ1v) is 8.58. The Morgan fingerprint density at radius 3 is 2.84 bits per heavy atom. The van der Waals surface area contributed by atoms with Gasteiger partial charge in [-0.1, -0.05) is 17.7 Å². The van der Waals surface area contributed by atoms with Gasteiger partial charge in [-0.05, 0) is 30.5 Å². The van der Waals surface area contributed by atoms with Gasteiger partial charge in [-0.25, -0.2) is 8.42 Å². The van der Waals surface area contributed by atoms with Gasteiger partial charge in [0.05, 0.1) is 5.75 Å². The average Bonchev–Trinajstić information content (AvgIpc) is 2.72. The lowest BCUT2D eigenvalue weighted by molar-refractivity contribution is -0.118. The molecule has 0 fully saturated rings. The van der Waals surface area contributed by atoms with Crippen molar-refractivity contribution in [1.82, 2.24) is 0 Å². The molecule has 0 N–H and O–H groups in total. The van der Waals surface area contributed by atoms with Gasteiger partial charge in [0.15, 0.2) is 0 Å². The highest BCUT2D eigenvalue weighted by atomic mass is 35.5. The minimum Gasteiger partial charge on any atom is -0.312 e. The second-order valence-corrected chi connectivity index (χ2v) is 7.43. The summed E-state index contributed by atoms with van der Waals surface area (Å²) in [6.45, 7) is 0.622. The van der Waals surface area contributed by atoms with Crippen LogP contribution in [-0.2, 0) is 21.1 Å². The van der Waals surface area contributed by atoms with E-state index in [1.165, 1.54) is 6.26 Å². The Labute approximate surface area is 118 Å². The van der Waals surface area contributed by atoms with Gasteiger partial charge in [0.2, 0.25) is 5.91 Å². The normalized spacial score (nSPS) is 14.5. The molecule has 0 saturated heterocycles. The highest BCUT2D eigenvalue weighted by Gasteiger charge is 2.25. The fraction of sp³-hybridized carbons (Fsp3) is 0.462. The van der Waals surface area contributed by atoms with Gasteiger partial charge in [-0.3, -0.25) is 4.79 Å². The number of anilines is 1. The molecule has 1 aromatic carbocycles. The number of fused-ring (bicyclic) bond motifs is 1. The third-order valence-electron chi connectivity index (χ3n) is 3.18. The van der Waals surface area contributed by atoms with Gasteiger partial charge in [-0.15, -0.1) is 0 Å². The van der Waals surface area contributed by atoms with Crippen molar-refractivity contribution in [3.05, 3.63) is 28.8 Å². The van der Waals surface area contributed by atoms with E-state index in [1.807, 2.05) is 18.2 Å². The van der Waals surface area contributed by atoms with Crippen LogP contribution < -0.4 is 4.90 Å². The molecule has 2 rings (SSSR count). The van der Waals surface area contributed by atoms with Crippen molar-refractivity contribution in [3.8, 4) is 0 Å². The summed E-state index contributed by atoms with van der Waals surface area (Å²) < 4.78 is 22.1. The highest BCUT2D eigenvalue weighted by molar-refractivity contribution is 7.90. The third kappa shape index (κ3) is 3.48. The number of rotatable bonds is 4. The van der Waals surface area contributed by atoms with Crippen LogP contribution >= 0.6 is 11.6 Å². The number of sulfone groups is 1. The molecule has 0 saturated carbocycles. The molecule has 1 aromatic rings. The lowest BCUT2D eigenvalue weighted by Crippen LogP contribution is -2.29. The van der Waals surface area contributed by atoms with E-state index in [-0.39, 0.29) is 18.1 Å². The van der Waals surface area contributed by atoms with Crippen molar-refractivity contribution >= 4 is 33.0 Å². The number of carbonyl (C=O) groups excluding carboxylic acids is 1. The Hall–Kier alpha value is -1.07. The topological polar surface area (TPSA) is 54.5 Å². The maximum absolute atomic E-state index is 12.1. The standard InChI is InChI=1S/C13H16ClNO3S/c1-19(17,18)9-3-6-13(16)15-8-7-10-11(14)4-2-5-12(10)15/h2,4-5H,3,6-9H2,1H3. The third-order valence-corrected chi connectivity index (χ3v) is 4.56. The van der Waals surface area contributed by atoms with Crippen LogP contribution in [0.15, 0.2) is 18.2 Å². The Bertz CT molecular complexity index is 598. The van der Waals surface area contributed by atoms with Crippen LogP contribution in [0.5, 0.6) is 0 Å². The van der Waals surface area contributed by atoms with Gasteiger partial charge in [0.1, 0.15) is 9.84 Å². The summed E-state index contributed by atoms with van der Waals surface area (Å²) in [4.78, 5) is 13.8. The van der Waals surface area contributed by atoms with Crippen LogP contribution in [-0.4, -0.2) is 32.9 Å². The maximum Gasteiger partial charge on any atom is 0.227 e. The molecule has 0 spiro atoms. The van der Waals surface area contributed by atoms with Crippen LogP contribution in [0.1, 0.15) is 18.4 Å². The number of amides is 1. The van der Waals surface area contributed by atoms with Gasteiger partial charge in [0.25, 0.3) is 0 Å². The number of benzene rings is 1. The average molecular weight is 302 g/mol. The quantitative estimate of drug-likeness (QED) is 0.855. The molecule has 1 aliphatic rings. The summed E-state index contributed by atoms with van der Waals surface area (Å²) in [6, 6.07) is 5.52. The SMILES string of the molecule is CS(=O)(=O)CCCC(=O)N1CCc2c(Cl)cccc21. The van der Waals surface area contributed by atoms with Gasteiger partial charge in [0, 0.05) is 29.9 Å². The fourth-order valence-corrected chi connectivity index (χ4v) is 3.20.